The summed E-state index contributed by atoms with van der Waals surface area (Å²) < 4.78 is 5.83. The Kier molecular flexibility index (Phi) is 13.3. The fourth-order valence-corrected chi connectivity index (χ4v) is 3.06. The van der Waals surface area contributed by atoms with Gasteiger partial charge in [0, 0.05) is 39.1 Å². The second kappa shape index (κ2) is 15.5. The van der Waals surface area contributed by atoms with E-state index >= 15 is 0 Å². The van der Waals surface area contributed by atoms with E-state index < -0.39 is 0 Å². The number of hydrogen-bond donors (Lipinski definition) is 2. The molecule has 0 saturated carbocycles. The Morgan fingerprint density at radius 2 is 1.63 bits per heavy atom. The van der Waals surface area contributed by atoms with Gasteiger partial charge in [0.25, 0.3) is 0 Å². The van der Waals surface area contributed by atoms with Crippen LogP contribution in [-0.4, -0.2) is 74.1 Å². The Labute approximate surface area is 182 Å². The standard InChI is InChI=1S/C23H41N5O2/c1-6-24-23(25-16-15-22(29)28(9-4)10-5)26-19-20-11-13-21(14-12-20)30-18-17-27(7-2)8-3/h11-14H,6-10,15-19H2,1-5H3,(H2,24,25,26). The number of rotatable bonds is 14. The van der Waals surface area contributed by atoms with Crippen molar-refractivity contribution in [2.75, 3.05) is 52.4 Å². The van der Waals surface area contributed by atoms with Gasteiger partial charge in [0.05, 0.1) is 6.54 Å². The molecule has 0 fully saturated rings. The number of carbonyl (C=O) groups excluding carboxylic acids is 1. The molecule has 0 aliphatic rings. The topological polar surface area (TPSA) is 69.2 Å². The van der Waals surface area contributed by atoms with Gasteiger partial charge in [0.2, 0.25) is 5.91 Å². The Balaban J connectivity index is 2.48. The lowest BCUT2D eigenvalue weighted by atomic mass is 10.2. The van der Waals surface area contributed by atoms with Crippen molar-refractivity contribution in [3.8, 4) is 5.75 Å². The average Bonchev–Trinajstić information content (AvgIpc) is 2.76. The molecule has 0 saturated heterocycles. The molecule has 0 aliphatic carbocycles. The zero-order valence-corrected chi connectivity index (χ0v) is 19.5. The molecule has 1 amide bonds. The van der Waals surface area contributed by atoms with Crippen LogP contribution in [0.25, 0.3) is 0 Å². The molecule has 7 nitrogen and oxygen atoms in total. The zero-order valence-electron chi connectivity index (χ0n) is 19.5. The van der Waals surface area contributed by atoms with Crippen molar-refractivity contribution in [3.63, 3.8) is 0 Å². The summed E-state index contributed by atoms with van der Waals surface area (Å²) in [6.07, 6.45) is 0.464. The number of amides is 1. The van der Waals surface area contributed by atoms with Gasteiger partial charge in [-0.15, -0.1) is 0 Å². The number of nitrogens with one attached hydrogen (secondary N) is 2. The maximum atomic E-state index is 12.1. The summed E-state index contributed by atoms with van der Waals surface area (Å²) in [7, 11) is 0. The third kappa shape index (κ3) is 9.96. The molecule has 0 unspecified atom stereocenters. The first-order valence-corrected chi connectivity index (χ1v) is 11.3. The molecule has 1 aromatic rings. The zero-order chi connectivity index (χ0) is 22.2. The first-order valence-electron chi connectivity index (χ1n) is 11.3. The number of nitrogens with zero attached hydrogens (tertiary/aromatic N) is 3. The molecular formula is C23H41N5O2. The van der Waals surface area contributed by atoms with Crippen LogP contribution in [0.3, 0.4) is 0 Å². The van der Waals surface area contributed by atoms with E-state index in [-0.39, 0.29) is 5.91 Å². The van der Waals surface area contributed by atoms with Gasteiger partial charge in [-0.25, -0.2) is 4.99 Å². The fourth-order valence-electron chi connectivity index (χ4n) is 3.06. The second-order valence-electron chi connectivity index (χ2n) is 6.96. The van der Waals surface area contributed by atoms with E-state index in [1.54, 1.807) is 0 Å². The van der Waals surface area contributed by atoms with Gasteiger partial charge in [-0.2, -0.15) is 0 Å². The number of hydrogen-bond acceptors (Lipinski definition) is 4. The highest BCUT2D eigenvalue weighted by atomic mass is 16.5. The van der Waals surface area contributed by atoms with Gasteiger partial charge in [0.1, 0.15) is 12.4 Å². The van der Waals surface area contributed by atoms with Gasteiger partial charge in [-0.3, -0.25) is 4.79 Å². The highest BCUT2D eigenvalue weighted by Crippen LogP contribution is 2.13. The number of benzene rings is 1. The van der Waals surface area contributed by atoms with Crippen LogP contribution in [0.1, 0.15) is 46.6 Å². The summed E-state index contributed by atoms with van der Waals surface area (Å²) in [5.41, 5.74) is 1.11. The summed E-state index contributed by atoms with van der Waals surface area (Å²) in [5, 5.41) is 6.48. The molecule has 2 N–H and O–H groups in total. The van der Waals surface area contributed by atoms with Gasteiger partial charge < -0.3 is 25.2 Å². The molecular weight excluding hydrogens is 378 g/mol. The van der Waals surface area contributed by atoms with Crippen LogP contribution in [0.2, 0.25) is 0 Å². The van der Waals surface area contributed by atoms with Crippen LogP contribution in [0.4, 0.5) is 0 Å². The Morgan fingerprint density at radius 3 is 2.20 bits per heavy atom. The number of aliphatic imine (C=N–C) groups is 1. The minimum absolute atomic E-state index is 0.167. The number of ether oxygens (including phenoxy) is 1. The van der Waals surface area contributed by atoms with Crippen LogP contribution >= 0.6 is 0 Å². The fraction of sp³-hybridized carbons (Fsp3) is 0.652. The summed E-state index contributed by atoms with van der Waals surface area (Å²) in [4.78, 5) is 20.9. The van der Waals surface area contributed by atoms with E-state index in [1.165, 1.54) is 0 Å². The van der Waals surface area contributed by atoms with Crippen molar-refractivity contribution < 1.29 is 9.53 Å². The van der Waals surface area contributed by atoms with Crippen molar-refractivity contribution in [3.05, 3.63) is 29.8 Å². The summed E-state index contributed by atoms with van der Waals surface area (Å²) in [6.45, 7) is 17.5. The van der Waals surface area contributed by atoms with Gasteiger partial charge in [-0.1, -0.05) is 26.0 Å². The molecule has 0 heterocycles. The lowest BCUT2D eigenvalue weighted by Gasteiger charge is -2.19. The number of guanidine groups is 1. The van der Waals surface area contributed by atoms with Gasteiger partial charge >= 0.3 is 0 Å². The van der Waals surface area contributed by atoms with Crippen molar-refractivity contribution >= 4 is 11.9 Å². The molecule has 0 atom stereocenters. The number of likely N-dealkylation sites (N-methyl/N-ethyl adjacent to an activating group) is 1. The lowest BCUT2D eigenvalue weighted by molar-refractivity contribution is -0.130. The molecule has 1 rings (SSSR count). The highest BCUT2D eigenvalue weighted by Gasteiger charge is 2.09. The molecule has 0 spiro atoms. The first kappa shape index (κ1) is 25.8. The molecule has 30 heavy (non-hydrogen) atoms. The molecule has 7 heteroatoms. The second-order valence-corrected chi connectivity index (χ2v) is 6.96. The molecule has 1 aromatic carbocycles. The van der Waals surface area contributed by atoms with Crippen LogP contribution in [0, 0.1) is 0 Å². The van der Waals surface area contributed by atoms with Crippen molar-refractivity contribution in [2.24, 2.45) is 4.99 Å². The van der Waals surface area contributed by atoms with E-state index in [2.05, 4.69) is 34.4 Å². The third-order valence-corrected chi connectivity index (χ3v) is 5.01. The monoisotopic (exact) mass is 419 g/mol. The molecule has 0 aliphatic heterocycles. The van der Waals surface area contributed by atoms with E-state index in [0.717, 1.165) is 56.5 Å². The largest absolute Gasteiger partial charge is 0.492 e. The molecule has 0 bridgehead atoms. The highest BCUT2D eigenvalue weighted by molar-refractivity contribution is 5.81. The van der Waals surface area contributed by atoms with Crippen LogP contribution in [0.15, 0.2) is 29.3 Å². The van der Waals surface area contributed by atoms with Crippen molar-refractivity contribution in [2.45, 2.75) is 47.6 Å². The predicted molar refractivity (Wildman–Crippen MR) is 125 cm³/mol. The van der Waals surface area contributed by atoms with Crippen molar-refractivity contribution in [1.82, 2.24) is 20.4 Å². The molecule has 0 aromatic heterocycles. The minimum atomic E-state index is 0.167. The minimum Gasteiger partial charge on any atom is -0.492 e. The maximum absolute atomic E-state index is 12.1. The van der Waals surface area contributed by atoms with E-state index in [4.69, 9.17) is 4.74 Å². The van der Waals surface area contributed by atoms with Crippen LogP contribution in [-0.2, 0) is 11.3 Å². The van der Waals surface area contributed by atoms with Crippen molar-refractivity contribution in [1.29, 1.82) is 0 Å². The van der Waals surface area contributed by atoms with Gasteiger partial charge in [0.15, 0.2) is 5.96 Å². The molecule has 0 radical (unpaired) electrons. The summed E-state index contributed by atoms with van der Waals surface area (Å²) in [6, 6.07) is 8.08. The lowest BCUT2D eigenvalue weighted by Crippen LogP contribution is -2.40. The van der Waals surface area contributed by atoms with E-state index in [9.17, 15) is 4.79 Å². The van der Waals surface area contributed by atoms with Gasteiger partial charge in [-0.05, 0) is 51.6 Å². The summed E-state index contributed by atoms with van der Waals surface area (Å²) >= 11 is 0. The molecule has 170 valence electrons. The van der Waals surface area contributed by atoms with Crippen LogP contribution < -0.4 is 15.4 Å². The Hall–Kier alpha value is -2.28. The maximum Gasteiger partial charge on any atom is 0.224 e. The van der Waals surface area contributed by atoms with E-state index in [0.29, 0.717) is 26.1 Å². The first-order chi connectivity index (χ1) is 14.6. The number of carbonyl (C=O) groups is 1. The Morgan fingerprint density at radius 1 is 0.967 bits per heavy atom. The predicted octanol–water partition coefficient (Wildman–Crippen LogP) is 2.72. The Bertz CT molecular complexity index is 611. The smallest absolute Gasteiger partial charge is 0.224 e. The van der Waals surface area contributed by atoms with Crippen LogP contribution in [0.5, 0.6) is 5.75 Å². The quantitative estimate of drug-likeness (QED) is 0.358. The van der Waals surface area contributed by atoms with E-state index in [1.807, 2.05) is 49.9 Å². The third-order valence-electron chi connectivity index (χ3n) is 5.01. The summed E-state index contributed by atoms with van der Waals surface area (Å²) in [5.74, 6) is 1.78. The SMILES string of the molecule is CCNC(=NCc1ccc(OCCN(CC)CC)cc1)NCCC(=O)N(CC)CC. The normalized spacial score (nSPS) is 11.5. The average molecular weight is 420 g/mol.